The highest BCUT2D eigenvalue weighted by molar-refractivity contribution is 6.85. The maximum Gasteiger partial charge on any atom is 0.329 e. The van der Waals surface area contributed by atoms with Crippen molar-refractivity contribution in [3.8, 4) is 33.6 Å². The molecule has 140 valence electrons. The first-order valence-corrected chi connectivity index (χ1v) is 10.3. The topological polar surface area (TPSA) is 17.8 Å². The van der Waals surface area contributed by atoms with Gasteiger partial charge in [-0.05, 0) is 16.6 Å². The summed E-state index contributed by atoms with van der Waals surface area (Å²) in [4.78, 5) is 4.92. The van der Waals surface area contributed by atoms with Crippen LogP contribution in [0.2, 0.25) is 0 Å². The van der Waals surface area contributed by atoms with Gasteiger partial charge in [0.1, 0.15) is 0 Å². The summed E-state index contributed by atoms with van der Waals surface area (Å²) in [6.07, 6.45) is 2.01. The quantitative estimate of drug-likeness (QED) is 0.392. The van der Waals surface area contributed by atoms with E-state index in [2.05, 4.69) is 114 Å². The summed E-state index contributed by atoms with van der Waals surface area (Å²) in [6.45, 7) is 0.0646. The summed E-state index contributed by atoms with van der Waals surface area (Å²) in [5.41, 5.74) is 9.65. The Labute approximate surface area is 176 Å². The number of aromatic nitrogens is 2. The van der Waals surface area contributed by atoms with Crippen LogP contribution in [-0.4, -0.2) is 16.3 Å². The molecule has 0 radical (unpaired) electrons. The molecule has 3 heteroatoms. The zero-order chi connectivity index (χ0) is 19.9. The lowest BCUT2D eigenvalue weighted by molar-refractivity contribution is 1.19. The molecule has 5 aromatic rings. The first kappa shape index (κ1) is 17.1. The molecule has 0 unspecified atom stereocenters. The van der Waals surface area contributed by atoms with Gasteiger partial charge in [0.25, 0.3) is 0 Å². The second-order valence-corrected chi connectivity index (χ2v) is 7.66. The van der Waals surface area contributed by atoms with Gasteiger partial charge in [0.05, 0.1) is 17.7 Å². The molecular weight excluding hydrogens is 363 g/mol. The lowest BCUT2D eigenvalue weighted by atomic mass is 9.49. The van der Waals surface area contributed by atoms with Crippen molar-refractivity contribution in [1.29, 1.82) is 0 Å². The molecule has 0 N–H and O–H groups in total. The minimum atomic E-state index is 0.0646. The third kappa shape index (κ3) is 2.56. The maximum atomic E-state index is 4.92. The van der Waals surface area contributed by atoms with E-state index in [1.54, 1.807) is 0 Å². The van der Waals surface area contributed by atoms with E-state index < -0.39 is 0 Å². The highest BCUT2D eigenvalue weighted by atomic mass is 15.0. The number of fused-ring (bicyclic) bond motifs is 5. The van der Waals surface area contributed by atoms with Gasteiger partial charge in [-0.3, -0.25) is 0 Å². The third-order valence-electron chi connectivity index (χ3n) is 5.96. The SMILES string of the molecule is c1ccc(B2c3ccccc3-c3ccccc3-c3c(-c4ccccc4)ncn32)cc1. The third-order valence-corrected chi connectivity index (χ3v) is 5.96. The van der Waals surface area contributed by atoms with Crippen molar-refractivity contribution in [2.24, 2.45) is 0 Å². The summed E-state index contributed by atoms with van der Waals surface area (Å²) in [7, 11) is 0. The summed E-state index contributed by atoms with van der Waals surface area (Å²) >= 11 is 0. The Morgan fingerprint density at radius 1 is 0.567 bits per heavy atom. The van der Waals surface area contributed by atoms with Crippen molar-refractivity contribution in [3.05, 3.63) is 116 Å². The fraction of sp³-hybridized carbons (Fsp3) is 0. The van der Waals surface area contributed by atoms with Gasteiger partial charge in [-0.15, -0.1) is 0 Å². The summed E-state index contributed by atoms with van der Waals surface area (Å²) < 4.78 is 2.35. The number of hydrogen-bond acceptors (Lipinski definition) is 1. The van der Waals surface area contributed by atoms with Gasteiger partial charge in [-0.2, -0.15) is 0 Å². The van der Waals surface area contributed by atoms with Gasteiger partial charge in [-0.25, -0.2) is 4.98 Å². The molecule has 4 aromatic carbocycles. The van der Waals surface area contributed by atoms with E-state index in [0.717, 1.165) is 11.3 Å². The van der Waals surface area contributed by atoms with Crippen LogP contribution in [-0.2, 0) is 0 Å². The van der Waals surface area contributed by atoms with Crippen molar-refractivity contribution in [2.75, 3.05) is 0 Å². The molecule has 0 aliphatic carbocycles. The normalized spacial score (nSPS) is 11.9. The molecule has 0 atom stereocenters. The van der Waals surface area contributed by atoms with Crippen LogP contribution in [0.4, 0.5) is 0 Å². The number of imidazole rings is 1. The maximum absolute atomic E-state index is 4.92. The van der Waals surface area contributed by atoms with Gasteiger partial charge in [-0.1, -0.05) is 115 Å². The molecule has 2 nitrogen and oxygen atoms in total. The zero-order valence-corrected chi connectivity index (χ0v) is 16.4. The average Bonchev–Trinajstić information content (AvgIpc) is 3.21. The van der Waals surface area contributed by atoms with E-state index in [1.807, 2.05) is 6.33 Å². The summed E-state index contributed by atoms with van der Waals surface area (Å²) in [5.74, 6) is 0. The molecule has 0 saturated heterocycles. The minimum absolute atomic E-state index is 0.0646. The van der Waals surface area contributed by atoms with Crippen LogP contribution in [0.1, 0.15) is 0 Å². The van der Waals surface area contributed by atoms with Crippen LogP contribution >= 0.6 is 0 Å². The predicted molar refractivity (Wildman–Crippen MR) is 125 cm³/mol. The van der Waals surface area contributed by atoms with E-state index in [4.69, 9.17) is 4.98 Å². The molecular formula is C27H19BN2. The Hall–Kier alpha value is -3.85. The lowest BCUT2D eigenvalue weighted by Gasteiger charge is -2.18. The van der Waals surface area contributed by atoms with Crippen LogP contribution in [0.5, 0.6) is 0 Å². The molecule has 6 rings (SSSR count). The summed E-state index contributed by atoms with van der Waals surface area (Å²) in [6, 6.07) is 38.7. The number of rotatable bonds is 2. The second-order valence-electron chi connectivity index (χ2n) is 7.66. The largest absolute Gasteiger partial charge is 0.365 e. The highest BCUT2D eigenvalue weighted by Gasteiger charge is 2.33. The summed E-state index contributed by atoms with van der Waals surface area (Å²) in [5, 5.41) is 0. The highest BCUT2D eigenvalue weighted by Crippen LogP contribution is 2.39. The Balaban J connectivity index is 1.74. The van der Waals surface area contributed by atoms with Crippen LogP contribution in [0.15, 0.2) is 116 Å². The second kappa shape index (κ2) is 6.89. The van der Waals surface area contributed by atoms with E-state index in [9.17, 15) is 0 Å². The molecule has 2 heterocycles. The van der Waals surface area contributed by atoms with Crippen molar-refractivity contribution in [2.45, 2.75) is 0 Å². The van der Waals surface area contributed by atoms with Gasteiger partial charge >= 0.3 is 6.85 Å². The van der Waals surface area contributed by atoms with Crippen molar-refractivity contribution >= 4 is 17.8 Å². The van der Waals surface area contributed by atoms with E-state index >= 15 is 0 Å². The van der Waals surface area contributed by atoms with Gasteiger partial charge in [0, 0.05) is 11.1 Å². The average molecular weight is 382 g/mol. The van der Waals surface area contributed by atoms with Gasteiger partial charge < -0.3 is 4.48 Å². The van der Waals surface area contributed by atoms with Crippen LogP contribution < -0.4 is 10.9 Å². The Bertz CT molecular complexity index is 1340. The Kier molecular flexibility index (Phi) is 3.92. The Morgan fingerprint density at radius 2 is 1.17 bits per heavy atom. The first-order valence-electron chi connectivity index (χ1n) is 10.3. The zero-order valence-electron chi connectivity index (χ0n) is 16.4. The van der Waals surface area contributed by atoms with Crippen molar-refractivity contribution in [1.82, 2.24) is 9.46 Å². The smallest absolute Gasteiger partial charge is 0.329 e. The number of hydrogen-bond donors (Lipinski definition) is 0. The van der Waals surface area contributed by atoms with Crippen LogP contribution in [0.3, 0.4) is 0 Å². The molecule has 30 heavy (non-hydrogen) atoms. The molecule has 0 amide bonds. The van der Waals surface area contributed by atoms with Crippen molar-refractivity contribution < 1.29 is 0 Å². The number of nitrogens with zero attached hydrogens (tertiary/aromatic N) is 2. The minimum Gasteiger partial charge on any atom is -0.365 e. The molecule has 0 fully saturated rings. The van der Waals surface area contributed by atoms with Crippen molar-refractivity contribution in [3.63, 3.8) is 0 Å². The van der Waals surface area contributed by atoms with Crippen LogP contribution in [0.25, 0.3) is 33.6 Å². The van der Waals surface area contributed by atoms with Gasteiger partial charge in [0.15, 0.2) is 0 Å². The van der Waals surface area contributed by atoms with E-state index in [-0.39, 0.29) is 6.85 Å². The van der Waals surface area contributed by atoms with E-state index in [1.165, 1.54) is 33.3 Å². The molecule has 0 spiro atoms. The van der Waals surface area contributed by atoms with E-state index in [0.29, 0.717) is 0 Å². The lowest BCUT2D eigenvalue weighted by Crippen LogP contribution is -2.48. The molecule has 1 aliphatic heterocycles. The standard InChI is InChI=1S/C27H19BN2/c1-3-11-20(12-4-1)26-27-24-17-8-7-15-22(24)23-16-9-10-18-25(23)28(30(27)19-29-26)21-13-5-2-6-14-21/h1-19H. The fourth-order valence-electron chi connectivity index (χ4n) is 4.66. The molecule has 0 saturated carbocycles. The molecule has 0 bridgehead atoms. The number of benzene rings is 4. The van der Waals surface area contributed by atoms with Gasteiger partial charge in [0.2, 0.25) is 0 Å². The molecule has 1 aliphatic rings. The fourth-order valence-corrected chi connectivity index (χ4v) is 4.66. The molecule has 1 aromatic heterocycles. The first-order chi connectivity index (χ1) is 14.9. The monoisotopic (exact) mass is 382 g/mol. The predicted octanol–water partition coefficient (Wildman–Crippen LogP) is 4.85. The van der Waals surface area contributed by atoms with Crippen LogP contribution in [0, 0.1) is 0 Å². The Morgan fingerprint density at radius 3 is 1.93 bits per heavy atom.